The first-order chi connectivity index (χ1) is 11.6. The molecule has 0 saturated carbocycles. The second-order valence-electron chi connectivity index (χ2n) is 5.40. The van der Waals surface area contributed by atoms with Crippen LogP contribution in [0, 0.1) is 0 Å². The zero-order valence-electron chi connectivity index (χ0n) is 13.5. The van der Waals surface area contributed by atoms with E-state index in [1.165, 1.54) is 0 Å². The van der Waals surface area contributed by atoms with Crippen molar-refractivity contribution in [3.63, 3.8) is 0 Å². The van der Waals surface area contributed by atoms with Gasteiger partial charge in [0.2, 0.25) is 0 Å². The third-order valence-corrected chi connectivity index (χ3v) is 3.46. The van der Waals surface area contributed by atoms with Gasteiger partial charge in [0, 0.05) is 24.5 Å². The van der Waals surface area contributed by atoms with Crippen molar-refractivity contribution in [2.75, 3.05) is 5.32 Å². The van der Waals surface area contributed by atoms with Crippen LogP contribution in [0.15, 0.2) is 55.0 Å². The summed E-state index contributed by atoms with van der Waals surface area (Å²) in [5.74, 6) is 0.614. The number of carbonyl (C=O) groups excluding carboxylic acids is 1. The van der Waals surface area contributed by atoms with E-state index in [-0.39, 0.29) is 12.1 Å². The van der Waals surface area contributed by atoms with Gasteiger partial charge in [-0.25, -0.2) is 9.78 Å². The van der Waals surface area contributed by atoms with E-state index in [1.807, 2.05) is 56.4 Å². The minimum absolute atomic E-state index is 0.188. The van der Waals surface area contributed by atoms with E-state index in [1.54, 1.807) is 17.2 Å². The van der Waals surface area contributed by atoms with Crippen LogP contribution in [0.3, 0.4) is 0 Å². The topological polar surface area (TPSA) is 84.7 Å². The highest BCUT2D eigenvalue weighted by molar-refractivity contribution is 5.90. The number of urea groups is 1. The fourth-order valence-corrected chi connectivity index (χ4v) is 2.28. The molecule has 0 fully saturated rings. The molecule has 2 aromatic heterocycles. The molecule has 0 unspecified atom stereocenters. The van der Waals surface area contributed by atoms with Gasteiger partial charge in [0.1, 0.15) is 6.33 Å². The van der Waals surface area contributed by atoms with E-state index in [0.717, 1.165) is 11.3 Å². The molecule has 0 bridgehead atoms. The first-order valence-electron chi connectivity index (χ1n) is 7.56. The lowest BCUT2D eigenvalue weighted by molar-refractivity contribution is 0.249. The first kappa shape index (κ1) is 15.7. The van der Waals surface area contributed by atoms with Gasteiger partial charge in [-0.05, 0) is 31.2 Å². The third kappa shape index (κ3) is 3.75. The lowest BCUT2D eigenvalue weighted by Gasteiger charge is -2.14. The number of nitrogens with zero attached hydrogens (tertiary/aromatic N) is 4. The summed E-state index contributed by atoms with van der Waals surface area (Å²) in [5, 5.41) is 9.94. The Bertz CT molecular complexity index is 830. The molecule has 2 amide bonds. The van der Waals surface area contributed by atoms with E-state index in [0.29, 0.717) is 11.5 Å². The number of hydrogen-bond acceptors (Lipinski definition) is 4. The van der Waals surface area contributed by atoms with Crippen molar-refractivity contribution >= 4 is 11.7 Å². The highest BCUT2D eigenvalue weighted by Crippen LogP contribution is 2.19. The van der Waals surface area contributed by atoms with Crippen LogP contribution >= 0.6 is 0 Å². The predicted molar refractivity (Wildman–Crippen MR) is 91.2 cm³/mol. The zero-order chi connectivity index (χ0) is 16.9. The minimum atomic E-state index is -0.292. The Morgan fingerprint density at radius 1 is 1.17 bits per heavy atom. The summed E-state index contributed by atoms with van der Waals surface area (Å²) in [4.78, 5) is 20.6. The van der Waals surface area contributed by atoms with Crippen molar-refractivity contribution < 1.29 is 4.79 Å². The Labute approximate surface area is 139 Å². The normalized spacial score (nSPS) is 11.8. The van der Waals surface area contributed by atoms with E-state index < -0.39 is 0 Å². The number of pyridine rings is 1. The Morgan fingerprint density at radius 3 is 2.75 bits per heavy atom. The molecule has 7 heteroatoms. The molecule has 2 heterocycles. The standard InChI is InChI=1S/C17H18N6O/c1-12(15-8-3-4-9-18-15)20-17(24)21-14-7-5-6-13(10-14)16-19-11-23(2)22-16/h3-12H,1-2H3,(H2,20,21,24)/t12-/m0/s1. The fourth-order valence-electron chi connectivity index (χ4n) is 2.28. The highest BCUT2D eigenvalue weighted by Gasteiger charge is 2.11. The lowest BCUT2D eigenvalue weighted by atomic mass is 10.2. The molecule has 0 aliphatic carbocycles. The number of benzene rings is 1. The van der Waals surface area contributed by atoms with Crippen LogP contribution in [0.2, 0.25) is 0 Å². The molecule has 0 saturated heterocycles. The van der Waals surface area contributed by atoms with Gasteiger partial charge in [0.05, 0.1) is 11.7 Å². The van der Waals surface area contributed by atoms with Crippen LogP contribution in [0.5, 0.6) is 0 Å². The monoisotopic (exact) mass is 322 g/mol. The molecule has 7 nitrogen and oxygen atoms in total. The molecule has 122 valence electrons. The van der Waals surface area contributed by atoms with Crippen molar-refractivity contribution in [2.24, 2.45) is 7.05 Å². The van der Waals surface area contributed by atoms with E-state index in [4.69, 9.17) is 0 Å². The average Bonchev–Trinajstić information content (AvgIpc) is 3.02. The summed E-state index contributed by atoms with van der Waals surface area (Å²) >= 11 is 0. The first-order valence-corrected chi connectivity index (χ1v) is 7.56. The van der Waals surface area contributed by atoms with Gasteiger partial charge in [-0.15, -0.1) is 0 Å². The molecule has 0 aliphatic heterocycles. The lowest BCUT2D eigenvalue weighted by Crippen LogP contribution is -2.31. The zero-order valence-corrected chi connectivity index (χ0v) is 13.5. The molecule has 0 aliphatic rings. The van der Waals surface area contributed by atoms with Crippen molar-refractivity contribution in [3.05, 3.63) is 60.7 Å². The van der Waals surface area contributed by atoms with Crippen molar-refractivity contribution in [1.82, 2.24) is 25.1 Å². The summed E-state index contributed by atoms with van der Waals surface area (Å²) in [6, 6.07) is 12.5. The Kier molecular flexibility index (Phi) is 4.51. The van der Waals surface area contributed by atoms with Gasteiger partial charge in [-0.3, -0.25) is 9.67 Å². The maximum atomic E-state index is 12.2. The van der Waals surface area contributed by atoms with Gasteiger partial charge in [-0.2, -0.15) is 5.10 Å². The van der Waals surface area contributed by atoms with E-state index in [2.05, 4.69) is 25.7 Å². The molecule has 24 heavy (non-hydrogen) atoms. The minimum Gasteiger partial charge on any atom is -0.330 e. The van der Waals surface area contributed by atoms with E-state index in [9.17, 15) is 4.79 Å². The van der Waals surface area contributed by atoms with Gasteiger partial charge in [-0.1, -0.05) is 18.2 Å². The van der Waals surface area contributed by atoms with Crippen molar-refractivity contribution in [2.45, 2.75) is 13.0 Å². The van der Waals surface area contributed by atoms with Gasteiger partial charge in [0.25, 0.3) is 0 Å². The second-order valence-corrected chi connectivity index (χ2v) is 5.40. The van der Waals surface area contributed by atoms with Crippen molar-refractivity contribution in [1.29, 1.82) is 0 Å². The number of rotatable bonds is 4. The molecule has 0 spiro atoms. The van der Waals surface area contributed by atoms with Crippen molar-refractivity contribution in [3.8, 4) is 11.4 Å². The molecule has 1 aromatic carbocycles. The molecular weight excluding hydrogens is 304 g/mol. The SMILES string of the molecule is C[C@H](NC(=O)Nc1cccc(-c2ncn(C)n2)c1)c1ccccn1. The number of hydrogen-bond donors (Lipinski definition) is 2. The number of carbonyl (C=O) groups is 1. The van der Waals surface area contributed by atoms with Crippen LogP contribution in [0.4, 0.5) is 10.5 Å². The maximum Gasteiger partial charge on any atom is 0.319 e. The summed E-state index contributed by atoms with van der Waals surface area (Å²) < 4.78 is 1.64. The Hall–Kier alpha value is -3.22. The van der Waals surface area contributed by atoms with Gasteiger partial charge in [0.15, 0.2) is 5.82 Å². The third-order valence-electron chi connectivity index (χ3n) is 3.46. The second kappa shape index (κ2) is 6.91. The number of anilines is 1. The Balaban J connectivity index is 1.66. The summed E-state index contributed by atoms with van der Waals surface area (Å²) in [7, 11) is 1.81. The largest absolute Gasteiger partial charge is 0.330 e. The van der Waals surface area contributed by atoms with Crippen LogP contribution in [0.25, 0.3) is 11.4 Å². The number of aromatic nitrogens is 4. The maximum absolute atomic E-state index is 12.2. The van der Waals surface area contributed by atoms with Gasteiger partial charge < -0.3 is 10.6 Å². The summed E-state index contributed by atoms with van der Waals surface area (Å²) in [6.07, 6.45) is 3.34. The van der Waals surface area contributed by atoms with E-state index >= 15 is 0 Å². The van der Waals surface area contributed by atoms with Crippen LogP contribution in [-0.2, 0) is 7.05 Å². The molecule has 0 radical (unpaired) electrons. The number of aryl methyl sites for hydroxylation is 1. The summed E-state index contributed by atoms with van der Waals surface area (Å²) in [5.41, 5.74) is 2.32. The fraction of sp³-hybridized carbons (Fsp3) is 0.176. The van der Waals surface area contributed by atoms with Crippen LogP contribution in [0.1, 0.15) is 18.7 Å². The predicted octanol–water partition coefficient (Wildman–Crippen LogP) is 2.76. The highest BCUT2D eigenvalue weighted by atomic mass is 16.2. The molecule has 3 aromatic rings. The van der Waals surface area contributed by atoms with Crippen LogP contribution < -0.4 is 10.6 Å². The summed E-state index contributed by atoms with van der Waals surface area (Å²) in [6.45, 7) is 1.89. The number of nitrogens with one attached hydrogen (secondary N) is 2. The molecule has 2 N–H and O–H groups in total. The quantitative estimate of drug-likeness (QED) is 0.773. The Morgan fingerprint density at radius 2 is 2.04 bits per heavy atom. The smallest absolute Gasteiger partial charge is 0.319 e. The molecule has 3 rings (SSSR count). The average molecular weight is 322 g/mol. The number of amides is 2. The van der Waals surface area contributed by atoms with Gasteiger partial charge >= 0.3 is 6.03 Å². The molecular formula is C17H18N6O. The van der Waals surface area contributed by atoms with Crippen LogP contribution in [-0.4, -0.2) is 25.8 Å². The molecule has 1 atom stereocenters.